The fraction of sp³-hybridized carbons (Fsp3) is 0.684. The van der Waals surface area contributed by atoms with Gasteiger partial charge < -0.3 is 0 Å². The Bertz CT molecular complexity index is 448. The molecule has 114 valence electrons. The van der Waals surface area contributed by atoms with Crippen LogP contribution in [0.2, 0.25) is 11.6 Å². The summed E-state index contributed by atoms with van der Waals surface area (Å²) in [6.45, 7) is 6.53. The molecule has 2 aliphatic heterocycles. The minimum absolute atomic E-state index is 0.615. The van der Waals surface area contributed by atoms with E-state index in [1.54, 1.807) is 11.0 Å². The normalized spacial score (nSPS) is 25.7. The first-order valence-electron chi connectivity index (χ1n) is 8.95. The molecule has 1 nitrogen and oxygen atoms in total. The van der Waals surface area contributed by atoms with Crippen LogP contribution in [0.15, 0.2) is 24.3 Å². The molecular weight excluding hydrogens is 253 g/mol. The molecular formula is C19H30BN. The van der Waals surface area contributed by atoms with E-state index in [9.17, 15) is 0 Å². The van der Waals surface area contributed by atoms with Crippen LogP contribution < -0.4 is 5.46 Å². The highest BCUT2D eigenvalue weighted by Crippen LogP contribution is 2.46. The first kappa shape index (κ1) is 15.2. The summed E-state index contributed by atoms with van der Waals surface area (Å²) in [5.41, 5.74) is 3.26. The zero-order valence-electron chi connectivity index (χ0n) is 14.0. The molecule has 0 spiro atoms. The molecule has 0 N–H and O–H groups in total. The number of benzene rings is 1. The van der Waals surface area contributed by atoms with Gasteiger partial charge in [0, 0.05) is 12.6 Å². The van der Waals surface area contributed by atoms with Crippen molar-refractivity contribution >= 4 is 12.2 Å². The Labute approximate surface area is 131 Å². The van der Waals surface area contributed by atoms with Gasteiger partial charge in [-0.1, -0.05) is 79.9 Å². The van der Waals surface area contributed by atoms with E-state index in [0.717, 1.165) is 24.9 Å². The molecule has 0 radical (unpaired) electrons. The molecule has 2 aliphatic rings. The standard InChI is InChI=1S/C19H30BN/c1-15(2)21(3)14-16-8-4-5-13-19(16)20-17-9-6-10-18(20)12-7-11-17/h4-5,8,13,15,17-18H,6-7,9-12,14H2,1-3H3. The number of fused-ring (bicyclic) bond motifs is 2. The van der Waals surface area contributed by atoms with Crippen molar-refractivity contribution in [2.75, 3.05) is 7.05 Å². The maximum absolute atomic E-state index is 2.47. The van der Waals surface area contributed by atoms with Crippen LogP contribution in [0.1, 0.15) is 57.9 Å². The van der Waals surface area contributed by atoms with Crippen molar-refractivity contribution in [2.45, 2.75) is 76.6 Å². The van der Waals surface area contributed by atoms with Crippen molar-refractivity contribution in [3.63, 3.8) is 0 Å². The maximum atomic E-state index is 2.47. The lowest BCUT2D eigenvalue weighted by Gasteiger charge is -2.41. The molecule has 0 amide bonds. The fourth-order valence-corrected chi connectivity index (χ4v) is 4.64. The van der Waals surface area contributed by atoms with Gasteiger partial charge in [0.2, 0.25) is 0 Å². The Morgan fingerprint density at radius 1 is 1.05 bits per heavy atom. The summed E-state index contributed by atoms with van der Waals surface area (Å²) in [5.74, 6) is 1.92. The minimum Gasteiger partial charge on any atom is -0.300 e. The highest BCUT2D eigenvalue weighted by Gasteiger charge is 2.40. The van der Waals surface area contributed by atoms with Gasteiger partial charge in [0.25, 0.3) is 0 Å². The van der Waals surface area contributed by atoms with Crippen molar-refractivity contribution in [3.05, 3.63) is 29.8 Å². The monoisotopic (exact) mass is 283 g/mol. The third-order valence-corrected chi connectivity index (χ3v) is 6.03. The lowest BCUT2D eigenvalue weighted by Crippen LogP contribution is -2.46. The lowest BCUT2D eigenvalue weighted by atomic mass is 9.24. The van der Waals surface area contributed by atoms with Crippen LogP contribution in [0.4, 0.5) is 0 Å². The molecule has 1 aromatic rings. The predicted molar refractivity (Wildman–Crippen MR) is 93.6 cm³/mol. The van der Waals surface area contributed by atoms with Crippen molar-refractivity contribution in [2.24, 2.45) is 0 Å². The lowest BCUT2D eigenvalue weighted by molar-refractivity contribution is 0.266. The molecule has 2 fully saturated rings. The molecule has 3 rings (SSSR count). The summed E-state index contributed by atoms with van der Waals surface area (Å²) in [5, 5.41) is 0. The van der Waals surface area contributed by atoms with Gasteiger partial charge in [-0.2, -0.15) is 0 Å². The third kappa shape index (κ3) is 3.21. The van der Waals surface area contributed by atoms with Crippen molar-refractivity contribution in [3.8, 4) is 0 Å². The topological polar surface area (TPSA) is 3.24 Å². The van der Waals surface area contributed by atoms with E-state index in [2.05, 4.69) is 50.1 Å². The number of hydrogen-bond donors (Lipinski definition) is 0. The summed E-state index contributed by atoms with van der Waals surface area (Å²) in [6.07, 6.45) is 8.82. The summed E-state index contributed by atoms with van der Waals surface area (Å²) in [7, 11) is 2.25. The zero-order valence-corrected chi connectivity index (χ0v) is 14.0. The zero-order chi connectivity index (χ0) is 14.8. The molecule has 1 aromatic carbocycles. The predicted octanol–water partition coefficient (Wildman–Crippen LogP) is 4.34. The van der Waals surface area contributed by atoms with E-state index in [0.29, 0.717) is 6.04 Å². The van der Waals surface area contributed by atoms with E-state index in [1.165, 1.54) is 38.5 Å². The molecule has 0 unspecified atom stereocenters. The molecule has 0 atom stereocenters. The summed E-state index contributed by atoms with van der Waals surface area (Å²) < 4.78 is 0. The number of hydrogen-bond acceptors (Lipinski definition) is 1. The van der Waals surface area contributed by atoms with Crippen LogP contribution in [-0.4, -0.2) is 24.7 Å². The van der Waals surface area contributed by atoms with Gasteiger partial charge >= 0.3 is 0 Å². The van der Waals surface area contributed by atoms with Crippen LogP contribution in [0.25, 0.3) is 0 Å². The Morgan fingerprint density at radius 2 is 1.62 bits per heavy atom. The van der Waals surface area contributed by atoms with Crippen LogP contribution in [0.3, 0.4) is 0 Å². The Morgan fingerprint density at radius 3 is 2.19 bits per heavy atom. The van der Waals surface area contributed by atoms with Gasteiger partial charge in [-0.05, 0) is 26.5 Å². The largest absolute Gasteiger partial charge is 0.300 e. The van der Waals surface area contributed by atoms with Gasteiger partial charge in [0.05, 0.1) is 0 Å². The van der Waals surface area contributed by atoms with E-state index < -0.39 is 0 Å². The summed E-state index contributed by atoms with van der Waals surface area (Å²) in [4.78, 5) is 2.47. The van der Waals surface area contributed by atoms with Gasteiger partial charge in [-0.25, -0.2) is 0 Å². The van der Waals surface area contributed by atoms with E-state index in [-0.39, 0.29) is 0 Å². The second kappa shape index (κ2) is 6.56. The minimum atomic E-state index is 0.615. The van der Waals surface area contributed by atoms with Crippen molar-refractivity contribution in [1.29, 1.82) is 0 Å². The van der Waals surface area contributed by atoms with Crippen LogP contribution in [0.5, 0.6) is 0 Å². The summed E-state index contributed by atoms with van der Waals surface area (Å²) in [6, 6.07) is 9.91. The quantitative estimate of drug-likeness (QED) is 0.743. The van der Waals surface area contributed by atoms with Gasteiger partial charge in [0.1, 0.15) is 0 Å². The summed E-state index contributed by atoms with van der Waals surface area (Å²) >= 11 is 0. The molecule has 0 saturated carbocycles. The highest BCUT2D eigenvalue weighted by atomic mass is 15.1. The molecule has 2 heterocycles. The Balaban J connectivity index is 1.87. The Hall–Kier alpha value is -0.755. The van der Waals surface area contributed by atoms with Gasteiger partial charge in [0.15, 0.2) is 6.71 Å². The maximum Gasteiger partial charge on any atom is 0.182 e. The second-order valence-corrected chi connectivity index (χ2v) is 7.62. The second-order valence-electron chi connectivity index (χ2n) is 7.62. The molecule has 21 heavy (non-hydrogen) atoms. The fourth-order valence-electron chi connectivity index (χ4n) is 4.64. The van der Waals surface area contributed by atoms with Crippen LogP contribution in [-0.2, 0) is 6.54 Å². The SMILES string of the molecule is CC(C)N(C)Cc1ccccc1B1C2CCCC1CCC2. The molecule has 2 heteroatoms. The average Bonchev–Trinajstić information content (AvgIpc) is 2.47. The van der Waals surface area contributed by atoms with E-state index >= 15 is 0 Å². The Kier molecular flexibility index (Phi) is 4.73. The molecule has 2 saturated heterocycles. The first-order valence-corrected chi connectivity index (χ1v) is 8.95. The van der Waals surface area contributed by atoms with Gasteiger partial charge in [-0.3, -0.25) is 4.90 Å². The van der Waals surface area contributed by atoms with Gasteiger partial charge in [-0.15, -0.1) is 0 Å². The van der Waals surface area contributed by atoms with Crippen LogP contribution in [0, 0.1) is 0 Å². The van der Waals surface area contributed by atoms with E-state index in [4.69, 9.17) is 0 Å². The average molecular weight is 283 g/mol. The number of nitrogens with zero attached hydrogens (tertiary/aromatic N) is 1. The van der Waals surface area contributed by atoms with E-state index in [1.807, 2.05) is 0 Å². The van der Waals surface area contributed by atoms with Crippen molar-refractivity contribution < 1.29 is 0 Å². The van der Waals surface area contributed by atoms with Crippen LogP contribution >= 0.6 is 0 Å². The third-order valence-electron chi connectivity index (χ3n) is 6.03. The number of rotatable bonds is 4. The molecule has 0 aromatic heterocycles. The smallest absolute Gasteiger partial charge is 0.182 e. The van der Waals surface area contributed by atoms with Crippen molar-refractivity contribution in [1.82, 2.24) is 4.90 Å². The molecule has 0 aliphatic carbocycles. The molecule has 2 bridgehead atoms. The highest BCUT2D eigenvalue weighted by molar-refractivity contribution is 6.76. The first-order chi connectivity index (χ1) is 10.2.